The lowest BCUT2D eigenvalue weighted by Crippen LogP contribution is -2.21. The van der Waals surface area contributed by atoms with Gasteiger partial charge >= 0.3 is 0 Å². The Morgan fingerprint density at radius 2 is 1.70 bits per heavy atom. The van der Waals surface area contributed by atoms with Crippen LogP contribution in [0.5, 0.6) is 5.75 Å². The van der Waals surface area contributed by atoms with Gasteiger partial charge in [-0.15, -0.1) is 10.2 Å². The highest BCUT2D eigenvalue weighted by molar-refractivity contribution is 7.99. The van der Waals surface area contributed by atoms with Gasteiger partial charge in [-0.25, -0.2) is 0 Å². The molecule has 1 atom stereocenters. The summed E-state index contributed by atoms with van der Waals surface area (Å²) < 4.78 is 7.77. The molecule has 172 valence electrons. The first-order valence-corrected chi connectivity index (χ1v) is 12.2. The summed E-state index contributed by atoms with van der Waals surface area (Å²) in [5, 5.41) is 22.2. The average molecular weight is 463 g/mol. The first-order valence-electron chi connectivity index (χ1n) is 11.3. The van der Waals surface area contributed by atoms with Crippen LogP contribution in [0, 0.1) is 0 Å². The molecule has 0 aliphatic rings. The molecule has 3 aromatic carbocycles. The smallest absolute Gasteiger partial charge is 0.191 e. The molecule has 0 saturated carbocycles. The molecular weight excluding hydrogens is 432 g/mol. The molecular formula is C26H30N4O2S. The largest absolute Gasteiger partial charge is 0.491 e. The molecule has 0 bridgehead atoms. The minimum Gasteiger partial charge on any atom is -0.491 e. The van der Waals surface area contributed by atoms with Gasteiger partial charge in [-0.1, -0.05) is 42.1 Å². The second-order valence-corrected chi connectivity index (χ2v) is 8.86. The van der Waals surface area contributed by atoms with Gasteiger partial charge in [0.1, 0.15) is 12.4 Å². The van der Waals surface area contributed by atoms with Crippen LogP contribution in [0.15, 0.2) is 71.9 Å². The number of anilines is 1. The lowest BCUT2D eigenvalue weighted by molar-refractivity contribution is 0.126. The van der Waals surface area contributed by atoms with Crippen molar-refractivity contribution < 1.29 is 9.84 Å². The molecule has 1 heterocycles. The maximum Gasteiger partial charge on any atom is 0.191 e. The molecule has 4 rings (SSSR count). The standard InChI is InChI=1S/C26H30N4O2S/c1-4-30(5-2)22-13-10-20(11-14-22)25-27-28-26(29(25)3)33-18-23(31)17-32-24-15-12-19-8-6-7-9-21(19)16-24/h6-16,23,31H,4-5,17-18H2,1-3H3. The van der Waals surface area contributed by atoms with Crippen molar-refractivity contribution in [2.45, 2.75) is 25.1 Å². The number of nitrogens with zero attached hydrogens (tertiary/aromatic N) is 4. The second kappa shape index (κ2) is 10.7. The average Bonchev–Trinajstić information content (AvgIpc) is 3.22. The van der Waals surface area contributed by atoms with E-state index in [1.54, 1.807) is 0 Å². The molecule has 0 aliphatic heterocycles. The minimum absolute atomic E-state index is 0.225. The van der Waals surface area contributed by atoms with Gasteiger partial charge in [0.15, 0.2) is 11.0 Å². The van der Waals surface area contributed by atoms with Crippen LogP contribution < -0.4 is 9.64 Å². The van der Waals surface area contributed by atoms with E-state index in [1.807, 2.05) is 41.9 Å². The Labute approximate surface area is 199 Å². The van der Waals surface area contributed by atoms with Crippen LogP contribution in [0.1, 0.15) is 13.8 Å². The molecule has 1 unspecified atom stereocenters. The normalized spacial score (nSPS) is 12.1. The van der Waals surface area contributed by atoms with Gasteiger partial charge in [-0.3, -0.25) is 0 Å². The molecule has 0 fully saturated rings. The van der Waals surface area contributed by atoms with E-state index in [0.717, 1.165) is 40.8 Å². The van der Waals surface area contributed by atoms with E-state index in [0.29, 0.717) is 5.75 Å². The monoisotopic (exact) mass is 462 g/mol. The van der Waals surface area contributed by atoms with Gasteiger partial charge in [0, 0.05) is 37.1 Å². The Balaban J connectivity index is 1.33. The molecule has 0 amide bonds. The summed E-state index contributed by atoms with van der Waals surface area (Å²) in [6.45, 7) is 6.50. The first-order chi connectivity index (χ1) is 16.1. The Morgan fingerprint density at radius 3 is 2.42 bits per heavy atom. The number of fused-ring (bicyclic) bond motifs is 1. The summed E-state index contributed by atoms with van der Waals surface area (Å²) in [6.07, 6.45) is -0.616. The molecule has 0 saturated heterocycles. The molecule has 0 spiro atoms. The number of aromatic nitrogens is 3. The predicted molar refractivity (Wildman–Crippen MR) is 136 cm³/mol. The van der Waals surface area contributed by atoms with E-state index in [9.17, 15) is 5.11 Å². The summed E-state index contributed by atoms with van der Waals surface area (Å²) in [5.74, 6) is 2.04. The Morgan fingerprint density at radius 1 is 0.970 bits per heavy atom. The first kappa shape index (κ1) is 23.1. The van der Waals surface area contributed by atoms with Crippen molar-refractivity contribution in [1.29, 1.82) is 0 Å². The quantitative estimate of drug-likeness (QED) is 0.334. The fraction of sp³-hybridized carbons (Fsp3) is 0.308. The number of thioether (sulfide) groups is 1. The van der Waals surface area contributed by atoms with Gasteiger partial charge in [0.05, 0.1) is 6.10 Å². The summed E-state index contributed by atoms with van der Waals surface area (Å²) >= 11 is 1.47. The van der Waals surface area contributed by atoms with E-state index in [2.05, 4.69) is 65.3 Å². The highest BCUT2D eigenvalue weighted by Gasteiger charge is 2.14. The van der Waals surface area contributed by atoms with E-state index >= 15 is 0 Å². The maximum atomic E-state index is 10.4. The summed E-state index contributed by atoms with van der Waals surface area (Å²) in [6, 6.07) is 22.5. The molecule has 6 nitrogen and oxygen atoms in total. The van der Waals surface area contributed by atoms with Crippen LogP contribution in [0.25, 0.3) is 22.2 Å². The lowest BCUT2D eigenvalue weighted by atomic mass is 10.1. The van der Waals surface area contributed by atoms with Gasteiger partial charge in [0.25, 0.3) is 0 Å². The number of hydrogen-bond acceptors (Lipinski definition) is 6. The molecule has 1 N–H and O–H groups in total. The lowest BCUT2D eigenvalue weighted by Gasteiger charge is -2.21. The molecule has 7 heteroatoms. The third-order valence-corrected chi connectivity index (χ3v) is 6.82. The van der Waals surface area contributed by atoms with Crippen LogP contribution >= 0.6 is 11.8 Å². The second-order valence-electron chi connectivity index (χ2n) is 7.87. The zero-order chi connectivity index (χ0) is 23.2. The molecule has 33 heavy (non-hydrogen) atoms. The number of hydrogen-bond donors (Lipinski definition) is 1. The highest BCUT2D eigenvalue weighted by Crippen LogP contribution is 2.26. The summed E-state index contributed by atoms with van der Waals surface area (Å²) in [4.78, 5) is 2.31. The van der Waals surface area contributed by atoms with E-state index in [-0.39, 0.29) is 6.61 Å². The number of benzene rings is 3. The van der Waals surface area contributed by atoms with Crippen molar-refractivity contribution in [3.63, 3.8) is 0 Å². The Hall–Kier alpha value is -3.03. The molecule has 4 aromatic rings. The zero-order valence-electron chi connectivity index (χ0n) is 19.3. The van der Waals surface area contributed by atoms with E-state index < -0.39 is 6.10 Å². The molecule has 0 aliphatic carbocycles. The van der Waals surface area contributed by atoms with Crippen LogP contribution in [-0.2, 0) is 7.05 Å². The topological polar surface area (TPSA) is 63.4 Å². The van der Waals surface area contributed by atoms with Crippen molar-refractivity contribution in [3.8, 4) is 17.1 Å². The number of aliphatic hydroxyl groups is 1. The Kier molecular flexibility index (Phi) is 7.52. The summed E-state index contributed by atoms with van der Waals surface area (Å²) in [5.41, 5.74) is 2.22. The van der Waals surface area contributed by atoms with Gasteiger partial charge in [-0.05, 0) is 61.0 Å². The Bertz CT molecular complexity index is 1190. The molecule has 1 aromatic heterocycles. The van der Waals surface area contributed by atoms with Crippen LogP contribution in [0.3, 0.4) is 0 Å². The third-order valence-electron chi connectivity index (χ3n) is 5.66. The van der Waals surface area contributed by atoms with Crippen molar-refractivity contribution in [3.05, 3.63) is 66.7 Å². The number of aliphatic hydroxyl groups excluding tert-OH is 1. The predicted octanol–water partition coefficient (Wildman–Crippen LogP) is 5.01. The SMILES string of the molecule is CCN(CC)c1ccc(-c2nnc(SCC(O)COc3ccc4ccccc4c3)n2C)cc1. The van der Waals surface area contributed by atoms with Crippen molar-refractivity contribution in [1.82, 2.24) is 14.8 Å². The fourth-order valence-electron chi connectivity index (χ4n) is 3.77. The summed E-state index contributed by atoms with van der Waals surface area (Å²) in [7, 11) is 1.95. The van der Waals surface area contributed by atoms with Crippen LogP contribution in [-0.4, -0.2) is 51.4 Å². The zero-order valence-corrected chi connectivity index (χ0v) is 20.1. The number of ether oxygens (including phenoxy) is 1. The fourth-order valence-corrected chi connectivity index (χ4v) is 4.59. The van der Waals surface area contributed by atoms with E-state index in [4.69, 9.17) is 4.74 Å². The number of rotatable bonds is 10. The van der Waals surface area contributed by atoms with Crippen molar-refractivity contribution in [2.75, 3.05) is 30.3 Å². The van der Waals surface area contributed by atoms with Crippen LogP contribution in [0.4, 0.5) is 5.69 Å². The maximum absolute atomic E-state index is 10.4. The van der Waals surface area contributed by atoms with Crippen molar-refractivity contribution >= 4 is 28.2 Å². The van der Waals surface area contributed by atoms with E-state index in [1.165, 1.54) is 22.8 Å². The van der Waals surface area contributed by atoms with Gasteiger partial charge < -0.3 is 19.3 Å². The third kappa shape index (κ3) is 5.49. The van der Waals surface area contributed by atoms with Crippen molar-refractivity contribution in [2.24, 2.45) is 7.05 Å². The van der Waals surface area contributed by atoms with Gasteiger partial charge in [0.2, 0.25) is 0 Å². The highest BCUT2D eigenvalue weighted by atomic mass is 32.2. The molecule has 0 radical (unpaired) electrons. The minimum atomic E-state index is -0.616. The van der Waals surface area contributed by atoms with Crippen LogP contribution in [0.2, 0.25) is 0 Å². The van der Waals surface area contributed by atoms with Gasteiger partial charge in [-0.2, -0.15) is 0 Å².